The Balaban J connectivity index is 2.24. The summed E-state index contributed by atoms with van der Waals surface area (Å²) in [6.45, 7) is 11.9. The van der Waals surface area contributed by atoms with Crippen molar-refractivity contribution in [3.8, 4) is 0 Å². The number of hydrogen-bond acceptors (Lipinski definition) is 3. The Labute approximate surface area is 116 Å². The van der Waals surface area contributed by atoms with E-state index < -0.39 is 0 Å². The Bertz CT molecular complexity index is 479. The fourth-order valence-electron chi connectivity index (χ4n) is 2.72. The molecule has 1 aromatic rings. The third kappa shape index (κ3) is 2.60. The summed E-state index contributed by atoms with van der Waals surface area (Å²) >= 11 is 0. The molecule has 1 unspecified atom stereocenters. The molecule has 1 aliphatic heterocycles. The van der Waals surface area contributed by atoms with Crippen LogP contribution in [0.4, 0.5) is 5.69 Å². The molecule has 3 nitrogen and oxygen atoms in total. The first-order valence-corrected chi connectivity index (χ1v) is 7.14. The van der Waals surface area contributed by atoms with Gasteiger partial charge in [0.15, 0.2) is 0 Å². The van der Waals surface area contributed by atoms with Crippen molar-refractivity contribution in [3.05, 3.63) is 29.3 Å². The first kappa shape index (κ1) is 13.9. The van der Waals surface area contributed by atoms with E-state index in [1.165, 1.54) is 22.6 Å². The average molecular weight is 259 g/mol. The molecule has 1 atom stereocenters. The minimum atomic E-state index is 0.322. The van der Waals surface area contributed by atoms with E-state index in [-0.39, 0.29) is 0 Å². The Morgan fingerprint density at radius 1 is 1.37 bits per heavy atom. The van der Waals surface area contributed by atoms with Crippen LogP contribution in [0.25, 0.3) is 0 Å². The van der Waals surface area contributed by atoms with Crippen LogP contribution in [0, 0.1) is 13.8 Å². The van der Waals surface area contributed by atoms with E-state index in [4.69, 9.17) is 0 Å². The maximum absolute atomic E-state index is 4.69. The summed E-state index contributed by atoms with van der Waals surface area (Å²) in [4.78, 5) is 9.41. The highest BCUT2D eigenvalue weighted by molar-refractivity contribution is 5.91. The molecule has 0 bridgehead atoms. The number of nitrogens with zero attached hydrogens (tertiary/aromatic N) is 3. The average Bonchev–Trinajstić information content (AvgIpc) is 2.88. The van der Waals surface area contributed by atoms with Crippen molar-refractivity contribution in [2.45, 2.75) is 33.7 Å². The van der Waals surface area contributed by atoms with Crippen molar-refractivity contribution in [1.82, 2.24) is 4.90 Å². The maximum Gasteiger partial charge on any atom is 0.122 e. The SMILES string of the molecule is CCN1CCN=C1C(C)N(C)c1cccc(C)c1C. The number of aryl methyl sites for hydroxylation is 1. The van der Waals surface area contributed by atoms with Gasteiger partial charge in [0, 0.05) is 25.8 Å². The van der Waals surface area contributed by atoms with Gasteiger partial charge in [0.1, 0.15) is 5.84 Å². The number of benzene rings is 1. The van der Waals surface area contributed by atoms with Crippen molar-refractivity contribution >= 4 is 11.5 Å². The molecule has 0 aliphatic carbocycles. The number of hydrogen-bond donors (Lipinski definition) is 0. The molecule has 104 valence electrons. The zero-order chi connectivity index (χ0) is 14.0. The lowest BCUT2D eigenvalue weighted by Gasteiger charge is -2.32. The smallest absolute Gasteiger partial charge is 0.122 e. The fourth-order valence-corrected chi connectivity index (χ4v) is 2.72. The molecule has 0 amide bonds. The number of amidine groups is 1. The molecule has 0 N–H and O–H groups in total. The summed E-state index contributed by atoms with van der Waals surface area (Å²) in [7, 11) is 2.17. The first-order valence-electron chi connectivity index (χ1n) is 7.14. The van der Waals surface area contributed by atoms with E-state index in [2.05, 4.69) is 67.7 Å². The second-order valence-corrected chi connectivity index (χ2v) is 5.33. The Morgan fingerprint density at radius 3 is 2.79 bits per heavy atom. The van der Waals surface area contributed by atoms with Crippen LogP contribution in [-0.2, 0) is 0 Å². The number of aliphatic imine (C=N–C) groups is 1. The molecule has 1 aliphatic rings. The maximum atomic E-state index is 4.69. The van der Waals surface area contributed by atoms with Gasteiger partial charge in [-0.15, -0.1) is 0 Å². The van der Waals surface area contributed by atoms with Gasteiger partial charge in [0.2, 0.25) is 0 Å². The molecule has 0 aromatic heterocycles. The van der Waals surface area contributed by atoms with Crippen molar-refractivity contribution in [2.75, 3.05) is 31.6 Å². The zero-order valence-electron chi connectivity index (χ0n) is 12.8. The quantitative estimate of drug-likeness (QED) is 0.828. The van der Waals surface area contributed by atoms with Gasteiger partial charge < -0.3 is 9.80 Å². The highest BCUT2D eigenvalue weighted by atomic mass is 15.3. The van der Waals surface area contributed by atoms with Crippen LogP contribution in [0.2, 0.25) is 0 Å². The highest BCUT2D eigenvalue weighted by Crippen LogP contribution is 2.24. The summed E-state index contributed by atoms with van der Waals surface area (Å²) in [5.41, 5.74) is 4.01. The van der Waals surface area contributed by atoms with Crippen molar-refractivity contribution in [3.63, 3.8) is 0 Å². The Morgan fingerprint density at radius 2 is 2.11 bits per heavy atom. The molecule has 0 spiro atoms. The molecule has 0 saturated carbocycles. The van der Waals surface area contributed by atoms with Gasteiger partial charge in [-0.3, -0.25) is 4.99 Å². The summed E-state index contributed by atoms with van der Waals surface area (Å²) in [5, 5.41) is 0. The van der Waals surface area contributed by atoms with E-state index >= 15 is 0 Å². The van der Waals surface area contributed by atoms with E-state index in [9.17, 15) is 0 Å². The summed E-state index contributed by atoms with van der Waals surface area (Å²) in [6, 6.07) is 6.82. The fraction of sp³-hybridized carbons (Fsp3) is 0.562. The molecule has 3 heteroatoms. The molecular weight excluding hydrogens is 234 g/mol. The van der Waals surface area contributed by atoms with E-state index in [1.54, 1.807) is 0 Å². The number of rotatable bonds is 4. The second-order valence-electron chi connectivity index (χ2n) is 5.33. The lowest BCUT2D eigenvalue weighted by molar-refractivity contribution is 0.468. The van der Waals surface area contributed by atoms with Crippen molar-refractivity contribution < 1.29 is 0 Å². The van der Waals surface area contributed by atoms with Gasteiger partial charge in [0.25, 0.3) is 0 Å². The first-order chi connectivity index (χ1) is 9.06. The Hall–Kier alpha value is -1.51. The van der Waals surface area contributed by atoms with Gasteiger partial charge in [0.05, 0.1) is 12.6 Å². The summed E-state index contributed by atoms with van der Waals surface area (Å²) < 4.78 is 0. The van der Waals surface area contributed by atoms with Crippen LogP contribution in [0.3, 0.4) is 0 Å². The van der Waals surface area contributed by atoms with Crippen LogP contribution in [0.15, 0.2) is 23.2 Å². The molecule has 2 rings (SSSR count). The molecule has 19 heavy (non-hydrogen) atoms. The topological polar surface area (TPSA) is 18.8 Å². The molecular formula is C16H25N3. The minimum Gasteiger partial charge on any atom is -0.364 e. The van der Waals surface area contributed by atoms with Crippen LogP contribution in [-0.4, -0.2) is 43.5 Å². The third-order valence-electron chi connectivity index (χ3n) is 4.26. The molecule has 0 radical (unpaired) electrons. The predicted molar refractivity (Wildman–Crippen MR) is 83.3 cm³/mol. The molecule has 1 heterocycles. The standard InChI is InChI=1S/C16H25N3/c1-6-19-11-10-17-16(19)14(4)18(5)15-9-7-8-12(2)13(15)3/h7-9,14H,6,10-11H2,1-5H3. The third-order valence-corrected chi connectivity index (χ3v) is 4.26. The zero-order valence-corrected chi connectivity index (χ0v) is 12.8. The van der Waals surface area contributed by atoms with Crippen LogP contribution in [0.5, 0.6) is 0 Å². The Kier molecular flexibility index (Phi) is 4.13. The van der Waals surface area contributed by atoms with Gasteiger partial charge >= 0.3 is 0 Å². The lowest BCUT2D eigenvalue weighted by atomic mass is 10.1. The van der Waals surface area contributed by atoms with Crippen LogP contribution >= 0.6 is 0 Å². The minimum absolute atomic E-state index is 0.322. The lowest BCUT2D eigenvalue weighted by Crippen LogP contribution is -2.44. The predicted octanol–water partition coefficient (Wildman–Crippen LogP) is 2.86. The number of anilines is 1. The largest absolute Gasteiger partial charge is 0.364 e. The van der Waals surface area contributed by atoms with Crippen molar-refractivity contribution in [1.29, 1.82) is 0 Å². The monoisotopic (exact) mass is 259 g/mol. The van der Waals surface area contributed by atoms with Gasteiger partial charge in [-0.05, 0) is 44.9 Å². The van der Waals surface area contributed by atoms with Gasteiger partial charge in [-0.25, -0.2) is 0 Å². The number of likely N-dealkylation sites (N-methyl/N-ethyl adjacent to an activating group) is 2. The van der Waals surface area contributed by atoms with Gasteiger partial charge in [-0.2, -0.15) is 0 Å². The van der Waals surface area contributed by atoms with Crippen LogP contribution in [0.1, 0.15) is 25.0 Å². The normalized spacial score (nSPS) is 16.5. The van der Waals surface area contributed by atoms with E-state index in [0.717, 1.165) is 19.6 Å². The van der Waals surface area contributed by atoms with Gasteiger partial charge in [-0.1, -0.05) is 12.1 Å². The highest BCUT2D eigenvalue weighted by Gasteiger charge is 2.24. The molecule has 1 aromatic carbocycles. The molecule has 0 fully saturated rings. The van der Waals surface area contributed by atoms with E-state index in [0.29, 0.717) is 6.04 Å². The van der Waals surface area contributed by atoms with E-state index in [1.807, 2.05) is 0 Å². The van der Waals surface area contributed by atoms with Crippen molar-refractivity contribution in [2.24, 2.45) is 4.99 Å². The van der Waals surface area contributed by atoms with Crippen LogP contribution < -0.4 is 4.90 Å². The second kappa shape index (κ2) is 5.64. The summed E-state index contributed by atoms with van der Waals surface area (Å²) in [6.07, 6.45) is 0. The summed E-state index contributed by atoms with van der Waals surface area (Å²) in [5.74, 6) is 1.23. The molecule has 0 saturated heterocycles.